The zero-order valence-electron chi connectivity index (χ0n) is 13.3. The molecule has 0 spiro atoms. The van der Waals surface area contributed by atoms with Crippen LogP contribution in [0.15, 0.2) is 0 Å². The third kappa shape index (κ3) is 2.47. The maximum atomic E-state index is 12.8. The topological polar surface area (TPSA) is 66.5 Å². The van der Waals surface area contributed by atoms with E-state index in [2.05, 4.69) is 12.2 Å². The highest BCUT2D eigenvalue weighted by Gasteiger charge is 2.52. The fourth-order valence-corrected chi connectivity index (χ4v) is 3.83. The van der Waals surface area contributed by atoms with Gasteiger partial charge in [0, 0.05) is 6.54 Å². The van der Waals surface area contributed by atoms with Crippen molar-refractivity contribution in [2.45, 2.75) is 65.7 Å². The molecule has 2 fully saturated rings. The molecule has 0 radical (unpaired) electrons. The average molecular weight is 294 g/mol. The van der Waals surface area contributed by atoms with E-state index in [4.69, 9.17) is 0 Å². The van der Waals surface area contributed by atoms with Crippen LogP contribution in [0.2, 0.25) is 0 Å². The van der Waals surface area contributed by atoms with Crippen LogP contribution in [-0.2, 0) is 9.59 Å². The number of carbonyl (C=O) groups is 3. The number of rotatable bonds is 5. The Labute approximate surface area is 126 Å². The number of urea groups is 1. The van der Waals surface area contributed by atoms with Crippen molar-refractivity contribution in [3.63, 3.8) is 0 Å². The second-order valence-corrected chi connectivity index (χ2v) is 6.50. The summed E-state index contributed by atoms with van der Waals surface area (Å²) in [6, 6.07) is -0.540. The Morgan fingerprint density at radius 2 is 1.57 bits per heavy atom. The number of barbiturate groups is 1. The summed E-state index contributed by atoms with van der Waals surface area (Å²) >= 11 is 0. The molecular formula is C16H26N2O3. The molecule has 1 aliphatic carbocycles. The quantitative estimate of drug-likeness (QED) is 0.793. The lowest BCUT2D eigenvalue weighted by atomic mass is 9.77. The van der Waals surface area contributed by atoms with Gasteiger partial charge in [0.2, 0.25) is 11.8 Å². The second kappa shape index (κ2) is 5.78. The predicted octanol–water partition coefficient (Wildman–Crippen LogP) is 2.84. The predicted molar refractivity (Wildman–Crippen MR) is 79.5 cm³/mol. The van der Waals surface area contributed by atoms with Crippen molar-refractivity contribution in [1.82, 2.24) is 10.2 Å². The molecule has 5 heteroatoms. The highest BCUT2D eigenvalue weighted by Crippen LogP contribution is 2.43. The first-order valence-corrected chi connectivity index (χ1v) is 8.12. The molecule has 2 rings (SSSR count). The average Bonchev–Trinajstić information content (AvgIpc) is 2.94. The van der Waals surface area contributed by atoms with Crippen molar-refractivity contribution in [3.05, 3.63) is 0 Å². The maximum absolute atomic E-state index is 12.8. The molecule has 0 aromatic rings. The Bertz CT molecular complexity index is 448. The fourth-order valence-electron chi connectivity index (χ4n) is 3.83. The largest absolute Gasteiger partial charge is 0.330 e. The third-order valence-electron chi connectivity index (χ3n) is 5.67. The molecule has 21 heavy (non-hydrogen) atoms. The normalized spacial score (nSPS) is 24.3. The number of hydrogen-bond acceptors (Lipinski definition) is 3. The van der Waals surface area contributed by atoms with E-state index in [1.54, 1.807) is 0 Å². The van der Waals surface area contributed by atoms with Crippen LogP contribution < -0.4 is 5.32 Å². The summed E-state index contributed by atoms with van der Waals surface area (Å²) in [5, 5.41) is 2.40. The van der Waals surface area contributed by atoms with Gasteiger partial charge in [-0.1, -0.05) is 33.6 Å². The van der Waals surface area contributed by atoms with Gasteiger partial charge in [-0.2, -0.15) is 0 Å². The maximum Gasteiger partial charge on any atom is 0.330 e. The van der Waals surface area contributed by atoms with Crippen LogP contribution >= 0.6 is 0 Å². The van der Waals surface area contributed by atoms with Gasteiger partial charge in [-0.25, -0.2) is 4.79 Å². The van der Waals surface area contributed by atoms with Crippen molar-refractivity contribution >= 4 is 17.8 Å². The summed E-state index contributed by atoms with van der Waals surface area (Å²) in [7, 11) is 0. The molecular weight excluding hydrogens is 268 g/mol. The summed E-state index contributed by atoms with van der Waals surface area (Å²) in [6.45, 7) is 6.24. The van der Waals surface area contributed by atoms with Crippen molar-refractivity contribution in [1.29, 1.82) is 0 Å². The van der Waals surface area contributed by atoms with E-state index in [0.717, 1.165) is 32.1 Å². The van der Waals surface area contributed by atoms with Crippen LogP contribution in [0.5, 0.6) is 0 Å². The first-order chi connectivity index (χ1) is 9.94. The lowest BCUT2D eigenvalue weighted by Gasteiger charge is -2.42. The number of imide groups is 2. The van der Waals surface area contributed by atoms with Gasteiger partial charge >= 0.3 is 6.03 Å². The van der Waals surface area contributed by atoms with E-state index < -0.39 is 17.4 Å². The van der Waals surface area contributed by atoms with Crippen LogP contribution in [0.3, 0.4) is 0 Å². The SMILES string of the molecule is CCC1(CN2C(=O)NC(=O)C(CC)(CC)C2=O)CCCC1. The van der Waals surface area contributed by atoms with Gasteiger partial charge in [-0.3, -0.25) is 19.8 Å². The van der Waals surface area contributed by atoms with Gasteiger partial charge in [0.25, 0.3) is 0 Å². The van der Waals surface area contributed by atoms with Gasteiger partial charge < -0.3 is 0 Å². The van der Waals surface area contributed by atoms with E-state index in [0.29, 0.717) is 19.4 Å². The lowest BCUT2D eigenvalue weighted by Crippen LogP contribution is -2.64. The first-order valence-electron chi connectivity index (χ1n) is 8.12. The Hall–Kier alpha value is -1.39. The zero-order valence-corrected chi connectivity index (χ0v) is 13.3. The minimum absolute atomic E-state index is 0.0423. The first kappa shape index (κ1) is 16.0. The fraction of sp³-hybridized carbons (Fsp3) is 0.812. The Morgan fingerprint density at radius 1 is 1.00 bits per heavy atom. The number of nitrogens with one attached hydrogen (secondary N) is 1. The highest BCUT2D eigenvalue weighted by atomic mass is 16.2. The van der Waals surface area contributed by atoms with Crippen LogP contribution in [0, 0.1) is 10.8 Å². The molecule has 0 aromatic carbocycles. The number of hydrogen-bond donors (Lipinski definition) is 1. The molecule has 1 N–H and O–H groups in total. The summed E-state index contributed by atoms with van der Waals surface area (Å²) in [4.78, 5) is 38.4. The van der Waals surface area contributed by atoms with Crippen LogP contribution in [0.4, 0.5) is 4.79 Å². The molecule has 2 aliphatic rings. The van der Waals surface area contributed by atoms with E-state index >= 15 is 0 Å². The van der Waals surface area contributed by atoms with Gasteiger partial charge in [-0.05, 0) is 37.5 Å². The van der Waals surface area contributed by atoms with Gasteiger partial charge in [0.1, 0.15) is 5.41 Å². The molecule has 0 atom stereocenters. The third-order valence-corrected chi connectivity index (χ3v) is 5.67. The number of amides is 4. The van der Waals surface area contributed by atoms with E-state index in [9.17, 15) is 14.4 Å². The van der Waals surface area contributed by atoms with Crippen molar-refractivity contribution < 1.29 is 14.4 Å². The Morgan fingerprint density at radius 3 is 2.05 bits per heavy atom. The number of nitrogens with zero attached hydrogens (tertiary/aromatic N) is 1. The van der Waals surface area contributed by atoms with Crippen molar-refractivity contribution in [2.75, 3.05) is 6.54 Å². The standard InChI is InChI=1S/C16H26N2O3/c1-4-15(9-7-8-10-15)11-18-13(20)16(5-2,6-3)12(19)17-14(18)21/h4-11H2,1-3H3,(H,17,19,21). The smallest absolute Gasteiger partial charge is 0.277 e. The van der Waals surface area contributed by atoms with Gasteiger partial charge in [0.15, 0.2) is 0 Å². The molecule has 1 aliphatic heterocycles. The molecule has 5 nitrogen and oxygen atoms in total. The summed E-state index contributed by atoms with van der Waals surface area (Å²) in [5.41, 5.74) is -1.03. The summed E-state index contributed by atoms with van der Waals surface area (Å²) in [6.07, 6.45) is 6.24. The molecule has 118 valence electrons. The molecule has 0 bridgehead atoms. The lowest BCUT2D eigenvalue weighted by molar-refractivity contribution is -0.153. The van der Waals surface area contributed by atoms with E-state index in [1.165, 1.54) is 4.90 Å². The molecule has 0 aromatic heterocycles. The van der Waals surface area contributed by atoms with E-state index in [-0.39, 0.29) is 11.3 Å². The second-order valence-electron chi connectivity index (χ2n) is 6.50. The molecule has 1 heterocycles. The highest BCUT2D eigenvalue weighted by molar-refractivity contribution is 6.19. The zero-order chi connectivity index (χ0) is 15.7. The number of carbonyl (C=O) groups excluding carboxylic acids is 3. The molecule has 1 saturated carbocycles. The molecule has 4 amide bonds. The molecule has 0 unspecified atom stereocenters. The van der Waals surface area contributed by atoms with Crippen LogP contribution in [-0.4, -0.2) is 29.3 Å². The monoisotopic (exact) mass is 294 g/mol. The van der Waals surface area contributed by atoms with Crippen LogP contribution in [0.1, 0.15) is 65.7 Å². The van der Waals surface area contributed by atoms with Crippen molar-refractivity contribution in [3.8, 4) is 0 Å². The minimum Gasteiger partial charge on any atom is -0.277 e. The summed E-state index contributed by atoms with van der Waals surface area (Å²) < 4.78 is 0. The van der Waals surface area contributed by atoms with Gasteiger partial charge in [0.05, 0.1) is 0 Å². The minimum atomic E-state index is -1.07. The van der Waals surface area contributed by atoms with Crippen LogP contribution in [0.25, 0.3) is 0 Å². The summed E-state index contributed by atoms with van der Waals surface area (Å²) in [5.74, 6) is -0.739. The van der Waals surface area contributed by atoms with Crippen molar-refractivity contribution in [2.24, 2.45) is 10.8 Å². The Balaban J connectivity index is 2.28. The van der Waals surface area contributed by atoms with Gasteiger partial charge in [-0.15, -0.1) is 0 Å². The molecule has 1 saturated heterocycles. The Kier molecular flexibility index (Phi) is 4.40. The van der Waals surface area contributed by atoms with E-state index in [1.807, 2.05) is 13.8 Å².